The topological polar surface area (TPSA) is 57.6 Å². The van der Waals surface area contributed by atoms with Gasteiger partial charge in [0, 0.05) is 17.7 Å². The average Bonchev–Trinajstić information content (AvgIpc) is 2.70. The fourth-order valence-electron chi connectivity index (χ4n) is 1.91. The van der Waals surface area contributed by atoms with Gasteiger partial charge in [-0.15, -0.1) is 11.8 Å². The normalized spacial score (nSPS) is 17.6. The molecule has 0 spiro atoms. The van der Waals surface area contributed by atoms with Crippen molar-refractivity contribution in [1.29, 1.82) is 0 Å². The third kappa shape index (κ3) is 2.44. The Morgan fingerprint density at radius 3 is 2.88 bits per heavy atom. The number of carbonyl (C=O) groups is 2. The Balaban J connectivity index is 2.15. The van der Waals surface area contributed by atoms with Crippen molar-refractivity contribution in [3.05, 3.63) is 29.8 Å². The lowest BCUT2D eigenvalue weighted by molar-refractivity contribution is -0.143. The first-order valence-electron chi connectivity index (χ1n) is 5.28. The van der Waals surface area contributed by atoms with E-state index in [0.717, 1.165) is 10.5 Å². The number of carboxylic acid groups (broad SMARTS) is 1. The van der Waals surface area contributed by atoms with Crippen LogP contribution in [0.2, 0.25) is 0 Å². The van der Waals surface area contributed by atoms with Crippen LogP contribution in [0.5, 0.6) is 0 Å². The van der Waals surface area contributed by atoms with Crippen molar-refractivity contribution >= 4 is 23.6 Å². The first kappa shape index (κ1) is 12.0. The summed E-state index contributed by atoms with van der Waals surface area (Å²) in [6.07, 6.45) is 0. The van der Waals surface area contributed by atoms with Crippen LogP contribution in [0.15, 0.2) is 29.2 Å². The molecule has 1 N–H and O–H groups in total. The highest BCUT2D eigenvalue weighted by Crippen LogP contribution is 2.39. The number of hydrogen-bond acceptors (Lipinski definition) is 3. The summed E-state index contributed by atoms with van der Waals surface area (Å²) in [6.45, 7) is -0.248. The average molecular weight is 251 g/mol. The molecule has 1 atom stereocenters. The van der Waals surface area contributed by atoms with E-state index in [9.17, 15) is 9.59 Å². The number of nitrogens with zero attached hydrogens (tertiary/aromatic N) is 1. The summed E-state index contributed by atoms with van der Waals surface area (Å²) in [4.78, 5) is 25.1. The van der Waals surface area contributed by atoms with Crippen LogP contribution in [0.25, 0.3) is 0 Å². The molecule has 1 aromatic carbocycles. The number of aliphatic carboxylic acids is 1. The Hall–Kier alpha value is -1.49. The number of likely N-dealkylation sites (N-methyl/N-ethyl adjacent to an activating group) is 1. The van der Waals surface area contributed by atoms with E-state index in [-0.39, 0.29) is 18.4 Å². The Kier molecular flexibility index (Phi) is 3.38. The molecule has 1 heterocycles. The highest BCUT2D eigenvalue weighted by atomic mass is 32.2. The number of rotatable bonds is 3. The summed E-state index contributed by atoms with van der Waals surface area (Å²) >= 11 is 1.65. The molecule has 0 fully saturated rings. The quantitative estimate of drug-likeness (QED) is 0.882. The SMILES string of the molecule is CN(CC(=O)O)C(=O)[C@@H]1CSc2ccccc21. The zero-order valence-electron chi connectivity index (χ0n) is 9.42. The smallest absolute Gasteiger partial charge is 0.323 e. The Labute approximate surface area is 104 Å². The Bertz CT molecular complexity index is 461. The number of hydrogen-bond donors (Lipinski definition) is 1. The number of benzene rings is 1. The van der Waals surface area contributed by atoms with E-state index in [1.165, 1.54) is 11.9 Å². The van der Waals surface area contributed by atoms with Gasteiger partial charge in [-0.3, -0.25) is 9.59 Å². The van der Waals surface area contributed by atoms with Gasteiger partial charge < -0.3 is 10.0 Å². The van der Waals surface area contributed by atoms with Crippen LogP contribution in [0.3, 0.4) is 0 Å². The molecule has 90 valence electrons. The molecule has 5 heteroatoms. The van der Waals surface area contributed by atoms with Gasteiger partial charge in [-0.25, -0.2) is 0 Å². The zero-order valence-corrected chi connectivity index (χ0v) is 10.2. The van der Waals surface area contributed by atoms with Crippen molar-refractivity contribution in [2.45, 2.75) is 10.8 Å². The molecule has 2 rings (SSSR count). The van der Waals surface area contributed by atoms with Crippen molar-refractivity contribution < 1.29 is 14.7 Å². The van der Waals surface area contributed by atoms with Crippen molar-refractivity contribution in [1.82, 2.24) is 4.90 Å². The van der Waals surface area contributed by atoms with Crippen molar-refractivity contribution in [2.75, 3.05) is 19.3 Å². The molecular formula is C12H13NO3S. The Morgan fingerprint density at radius 1 is 1.47 bits per heavy atom. The number of amides is 1. The molecule has 0 aromatic heterocycles. The summed E-state index contributed by atoms with van der Waals surface area (Å²) in [5.41, 5.74) is 1.01. The minimum absolute atomic E-state index is 0.121. The van der Waals surface area contributed by atoms with Gasteiger partial charge in [0.15, 0.2) is 0 Å². The first-order chi connectivity index (χ1) is 8.09. The summed E-state index contributed by atoms with van der Waals surface area (Å²) in [7, 11) is 1.53. The van der Waals surface area contributed by atoms with E-state index in [1.54, 1.807) is 11.8 Å². The molecule has 0 aliphatic carbocycles. The summed E-state index contributed by atoms with van der Waals surface area (Å²) in [6, 6.07) is 7.78. The lowest BCUT2D eigenvalue weighted by Gasteiger charge is -2.19. The minimum atomic E-state index is -0.986. The number of fused-ring (bicyclic) bond motifs is 1. The Morgan fingerprint density at radius 2 is 2.18 bits per heavy atom. The second-order valence-corrected chi connectivity index (χ2v) is 5.05. The molecule has 1 aliphatic rings. The number of thioether (sulfide) groups is 1. The predicted molar refractivity (Wildman–Crippen MR) is 65.2 cm³/mol. The molecule has 1 amide bonds. The van der Waals surface area contributed by atoms with Gasteiger partial charge in [-0.1, -0.05) is 18.2 Å². The monoisotopic (exact) mass is 251 g/mol. The van der Waals surface area contributed by atoms with Crippen molar-refractivity contribution in [2.24, 2.45) is 0 Å². The van der Waals surface area contributed by atoms with E-state index in [1.807, 2.05) is 24.3 Å². The maximum Gasteiger partial charge on any atom is 0.323 e. The summed E-state index contributed by atoms with van der Waals surface area (Å²) in [5, 5.41) is 8.67. The van der Waals surface area contributed by atoms with E-state index < -0.39 is 5.97 Å². The maximum atomic E-state index is 12.1. The van der Waals surface area contributed by atoms with Gasteiger partial charge in [-0.05, 0) is 11.6 Å². The molecular weight excluding hydrogens is 238 g/mol. The number of carboxylic acids is 1. The third-order valence-electron chi connectivity index (χ3n) is 2.75. The van der Waals surface area contributed by atoms with E-state index in [0.29, 0.717) is 5.75 Å². The number of carbonyl (C=O) groups excluding carboxylic acids is 1. The standard InChI is InChI=1S/C12H13NO3S/c1-13(6-11(14)15)12(16)9-7-17-10-5-3-2-4-8(9)10/h2-5,9H,6-7H2,1H3,(H,14,15)/t9-/m1/s1. The third-order valence-corrected chi connectivity index (χ3v) is 3.93. The molecule has 1 aliphatic heterocycles. The molecule has 0 saturated carbocycles. The zero-order chi connectivity index (χ0) is 12.4. The van der Waals surface area contributed by atoms with Crippen molar-refractivity contribution in [3.8, 4) is 0 Å². The van der Waals surface area contributed by atoms with Crippen LogP contribution in [0.4, 0.5) is 0 Å². The fraction of sp³-hybridized carbons (Fsp3) is 0.333. The summed E-state index contributed by atoms with van der Waals surface area (Å²) < 4.78 is 0. The molecule has 0 unspecified atom stereocenters. The van der Waals surface area contributed by atoms with Crippen LogP contribution in [0.1, 0.15) is 11.5 Å². The van der Waals surface area contributed by atoms with Gasteiger partial charge in [-0.2, -0.15) is 0 Å². The second-order valence-electron chi connectivity index (χ2n) is 3.99. The molecule has 0 radical (unpaired) electrons. The highest BCUT2D eigenvalue weighted by Gasteiger charge is 2.31. The molecule has 17 heavy (non-hydrogen) atoms. The lowest BCUT2D eigenvalue weighted by Crippen LogP contribution is -2.35. The van der Waals surface area contributed by atoms with Gasteiger partial charge >= 0.3 is 5.97 Å². The molecule has 1 aromatic rings. The minimum Gasteiger partial charge on any atom is -0.480 e. The highest BCUT2D eigenvalue weighted by molar-refractivity contribution is 7.99. The van der Waals surface area contributed by atoms with E-state index >= 15 is 0 Å². The lowest BCUT2D eigenvalue weighted by atomic mass is 10.00. The first-order valence-corrected chi connectivity index (χ1v) is 6.26. The molecule has 0 bridgehead atoms. The van der Waals surface area contributed by atoms with Gasteiger partial charge in [0.2, 0.25) is 5.91 Å². The molecule has 0 saturated heterocycles. The van der Waals surface area contributed by atoms with Gasteiger partial charge in [0.25, 0.3) is 0 Å². The largest absolute Gasteiger partial charge is 0.480 e. The van der Waals surface area contributed by atoms with Crippen molar-refractivity contribution in [3.63, 3.8) is 0 Å². The predicted octanol–water partition coefficient (Wildman–Crippen LogP) is 1.42. The van der Waals surface area contributed by atoms with E-state index in [4.69, 9.17) is 5.11 Å². The second kappa shape index (κ2) is 4.79. The van der Waals surface area contributed by atoms with Gasteiger partial charge in [0.1, 0.15) is 6.54 Å². The maximum absolute atomic E-state index is 12.1. The van der Waals surface area contributed by atoms with Crippen LogP contribution >= 0.6 is 11.8 Å². The molecule has 4 nitrogen and oxygen atoms in total. The van der Waals surface area contributed by atoms with Crippen LogP contribution in [0, 0.1) is 0 Å². The van der Waals surface area contributed by atoms with Crippen LogP contribution < -0.4 is 0 Å². The van der Waals surface area contributed by atoms with E-state index in [2.05, 4.69) is 0 Å². The van der Waals surface area contributed by atoms with Gasteiger partial charge in [0.05, 0.1) is 5.92 Å². The fourth-order valence-corrected chi connectivity index (χ4v) is 3.13. The summed E-state index contributed by atoms with van der Waals surface area (Å²) in [5.74, 6) is -0.618. The van der Waals surface area contributed by atoms with Crippen LogP contribution in [-0.4, -0.2) is 41.2 Å². The van der Waals surface area contributed by atoms with Crippen LogP contribution in [-0.2, 0) is 9.59 Å².